The summed E-state index contributed by atoms with van der Waals surface area (Å²) in [7, 11) is 0. The predicted octanol–water partition coefficient (Wildman–Crippen LogP) is 5.33. The number of nitrogens with zero attached hydrogens (tertiary/aromatic N) is 6. The van der Waals surface area contributed by atoms with Crippen LogP contribution in [0.5, 0.6) is 6.01 Å². The Morgan fingerprint density at radius 3 is 2.91 bits per heavy atom. The Morgan fingerprint density at radius 2 is 2.07 bits per heavy atom. The van der Waals surface area contributed by atoms with E-state index in [1.807, 2.05) is 11.0 Å². The number of rotatable bonds is 7. The first-order valence-electron chi connectivity index (χ1n) is 16.1. The van der Waals surface area contributed by atoms with Crippen LogP contribution in [0.25, 0.3) is 22.0 Å². The van der Waals surface area contributed by atoms with Crippen molar-refractivity contribution in [2.24, 2.45) is 5.92 Å². The molecule has 5 atom stereocenters. The fourth-order valence-electron chi connectivity index (χ4n) is 8.53. The van der Waals surface area contributed by atoms with Gasteiger partial charge in [-0.2, -0.15) is 15.2 Å². The topological polar surface area (TPSA) is 85.6 Å². The van der Waals surface area contributed by atoms with Crippen LogP contribution >= 0.6 is 0 Å². The van der Waals surface area contributed by atoms with Crippen molar-refractivity contribution in [1.82, 2.24) is 19.8 Å². The molecule has 232 valence electrons. The van der Waals surface area contributed by atoms with Crippen LogP contribution < -0.4 is 9.64 Å². The molecule has 4 fully saturated rings. The van der Waals surface area contributed by atoms with Gasteiger partial charge in [-0.25, -0.2) is 8.78 Å². The molecule has 45 heavy (non-hydrogen) atoms. The molecule has 10 heteroatoms. The molecule has 1 saturated carbocycles. The van der Waals surface area contributed by atoms with Crippen LogP contribution in [0.1, 0.15) is 49.1 Å². The lowest BCUT2D eigenvalue weighted by Crippen LogP contribution is -2.55. The van der Waals surface area contributed by atoms with Crippen molar-refractivity contribution >= 4 is 22.6 Å². The highest BCUT2D eigenvalue weighted by Crippen LogP contribution is 2.57. The summed E-state index contributed by atoms with van der Waals surface area (Å²) < 4.78 is 34.7. The van der Waals surface area contributed by atoms with Crippen LogP contribution in [-0.2, 0) is 11.2 Å². The Bertz CT molecular complexity index is 1760. The highest BCUT2D eigenvalue weighted by Gasteiger charge is 2.49. The molecule has 2 aromatic carbocycles. The molecule has 3 aromatic rings. The van der Waals surface area contributed by atoms with Crippen LogP contribution in [0.4, 0.5) is 14.6 Å². The van der Waals surface area contributed by atoms with E-state index in [9.17, 15) is 18.8 Å². The van der Waals surface area contributed by atoms with Crippen molar-refractivity contribution in [2.75, 3.05) is 44.2 Å². The number of piperazine rings is 1. The molecule has 3 aliphatic heterocycles. The number of halogens is 2. The maximum Gasteiger partial charge on any atom is 0.319 e. The lowest BCUT2D eigenvalue weighted by molar-refractivity contribution is -0.131. The number of nitriles is 1. The van der Waals surface area contributed by atoms with E-state index >= 15 is 0 Å². The third-order valence-corrected chi connectivity index (χ3v) is 10.8. The zero-order valence-corrected chi connectivity index (χ0v) is 25.2. The number of carbonyl (C=O) groups is 1. The smallest absolute Gasteiger partial charge is 0.319 e. The van der Waals surface area contributed by atoms with Gasteiger partial charge in [-0.3, -0.25) is 9.69 Å². The Hall–Kier alpha value is -4.10. The van der Waals surface area contributed by atoms with E-state index in [4.69, 9.17) is 14.7 Å². The Morgan fingerprint density at radius 1 is 1.18 bits per heavy atom. The molecule has 5 aliphatic rings. The third kappa shape index (κ3) is 4.83. The minimum atomic E-state index is -1.03. The summed E-state index contributed by atoms with van der Waals surface area (Å²) in [6, 6.07) is 14.7. The number of hydrogen-bond donors (Lipinski definition) is 0. The standard InChI is InChI=1S/C35H36F2N6O2/c1-21(36)33(44)43-13-12-41(19-25(43)8-10-38)32-28-7-6-22(26-4-2-5-27-29-14-23(29)15-30(26)27)16-31(28)39-34(40-32)45-20-35-9-3-11-42(35)18-24(37)17-35/h2,4-7,16,23-25,29H,1,3,8-9,11-15,17-20H2/t23-,24-,25+,29-,35+/m1/s1. The minimum Gasteiger partial charge on any atom is -0.461 e. The van der Waals surface area contributed by atoms with E-state index in [-0.39, 0.29) is 24.5 Å². The van der Waals surface area contributed by atoms with Gasteiger partial charge in [0.15, 0.2) is 5.83 Å². The molecule has 4 heterocycles. The van der Waals surface area contributed by atoms with Crippen LogP contribution in [0.15, 0.2) is 48.8 Å². The molecule has 8 nitrogen and oxygen atoms in total. The lowest BCUT2D eigenvalue weighted by Gasteiger charge is -2.41. The molecule has 0 bridgehead atoms. The second-order valence-electron chi connectivity index (χ2n) is 13.5. The van der Waals surface area contributed by atoms with E-state index in [2.05, 4.69) is 47.9 Å². The highest BCUT2D eigenvalue weighted by atomic mass is 19.1. The fourth-order valence-corrected chi connectivity index (χ4v) is 8.53. The number of hydrogen-bond acceptors (Lipinski definition) is 7. The van der Waals surface area contributed by atoms with Gasteiger partial charge in [-0.15, -0.1) is 0 Å². The van der Waals surface area contributed by atoms with Crippen LogP contribution in [0.3, 0.4) is 0 Å². The zero-order chi connectivity index (χ0) is 30.9. The second-order valence-corrected chi connectivity index (χ2v) is 13.5. The number of fused-ring (bicyclic) bond motifs is 5. The molecule has 3 saturated heterocycles. The summed E-state index contributed by atoms with van der Waals surface area (Å²) in [4.78, 5) is 28.0. The van der Waals surface area contributed by atoms with Gasteiger partial charge in [-0.05, 0) is 78.5 Å². The van der Waals surface area contributed by atoms with E-state index < -0.39 is 23.9 Å². The van der Waals surface area contributed by atoms with E-state index in [0.717, 1.165) is 48.2 Å². The number of anilines is 1. The zero-order valence-electron chi connectivity index (χ0n) is 25.2. The summed E-state index contributed by atoms with van der Waals surface area (Å²) in [6.07, 6.45) is 3.94. The lowest BCUT2D eigenvalue weighted by atomic mass is 9.94. The first-order valence-corrected chi connectivity index (χ1v) is 16.1. The highest BCUT2D eigenvalue weighted by molar-refractivity contribution is 5.94. The van der Waals surface area contributed by atoms with Crippen molar-refractivity contribution in [3.05, 3.63) is 59.9 Å². The molecule has 0 unspecified atom stereocenters. The van der Waals surface area contributed by atoms with Gasteiger partial charge >= 0.3 is 6.01 Å². The molecule has 0 N–H and O–H groups in total. The van der Waals surface area contributed by atoms with Gasteiger partial charge in [0.05, 0.1) is 29.6 Å². The molecular formula is C35H36F2N6O2. The van der Waals surface area contributed by atoms with Gasteiger partial charge in [0, 0.05) is 38.0 Å². The Balaban J connectivity index is 1.17. The average Bonchev–Trinajstić information content (AvgIpc) is 3.38. The maximum atomic E-state index is 14.5. The Kier molecular flexibility index (Phi) is 6.79. The van der Waals surface area contributed by atoms with Crippen LogP contribution in [0.2, 0.25) is 0 Å². The molecule has 1 amide bonds. The fraction of sp³-hybridized carbons (Fsp3) is 0.486. The van der Waals surface area contributed by atoms with Gasteiger partial charge < -0.3 is 14.5 Å². The van der Waals surface area contributed by atoms with Crippen molar-refractivity contribution in [2.45, 2.75) is 62.2 Å². The third-order valence-electron chi connectivity index (χ3n) is 10.8. The SMILES string of the molecule is C=C(F)C(=O)N1CCN(c2nc(OC[C@@]34CCCN3C[C@H](F)C4)nc3cc(-c4cccc5c4C[C@H]4C[C@@H]54)ccc23)C[C@@H]1CC#N. The normalized spacial score (nSPS) is 28.5. The number of aromatic nitrogens is 2. The van der Waals surface area contributed by atoms with Gasteiger partial charge in [-0.1, -0.05) is 30.8 Å². The van der Waals surface area contributed by atoms with Crippen LogP contribution in [0, 0.1) is 17.2 Å². The molecular weight excluding hydrogens is 574 g/mol. The number of alkyl halides is 1. The summed E-state index contributed by atoms with van der Waals surface area (Å²) in [6.45, 7) is 5.72. The number of benzene rings is 2. The van der Waals surface area contributed by atoms with E-state index in [1.165, 1.54) is 28.0 Å². The summed E-state index contributed by atoms with van der Waals surface area (Å²) >= 11 is 0. The monoisotopic (exact) mass is 610 g/mol. The molecule has 2 aliphatic carbocycles. The number of amides is 1. The van der Waals surface area contributed by atoms with E-state index in [0.29, 0.717) is 44.4 Å². The first kappa shape index (κ1) is 28.4. The second kappa shape index (κ2) is 10.8. The molecule has 0 radical (unpaired) electrons. The number of ether oxygens (including phenoxy) is 1. The summed E-state index contributed by atoms with van der Waals surface area (Å²) in [5, 5.41) is 10.4. The van der Waals surface area contributed by atoms with Gasteiger partial charge in [0.2, 0.25) is 0 Å². The summed E-state index contributed by atoms with van der Waals surface area (Å²) in [5.74, 6) is 0.295. The minimum absolute atomic E-state index is 0.0515. The Labute approximate surface area is 261 Å². The first-order chi connectivity index (χ1) is 21.8. The number of carbonyl (C=O) groups excluding carboxylic acids is 1. The van der Waals surface area contributed by atoms with E-state index in [1.54, 1.807) is 0 Å². The predicted molar refractivity (Wildman–Crippen MR) is 166 cm³/mol. The van der Waals surface area contributed by atoms with Gasteiger partial charge in [0.25, 0.3) is 5.91 Å². The molecule has 0 spiro atoms. The largest absolute Gasteiger partial charge is 0.461 e. The quantitative estimate of drug-likeness (QED) is 0.335. The average molecular weight is 611 g/mol. The van der Waals surface area contributed by atoms with Gasteiger partial charge in [0.1, 0.15) is 18.6 Å². The van der Waals surface area contributed by atoms with Crippen LogP contribution in [-0.4, -0.2) is 82.8 Å². The molecule has 1 aromatic heterocycles. The van der Waals surface area contributed by atoms with Crippen molar-refractivity contribution in [3.8, 4) is 23.2 Å². The summed E-state index contributed by atoms with van der Waals surface area (Å²) in [5.41, 5.74) is 5.62. The van der Waals surface area contributed by atoms with Crippen molar-refractivity contribution in [1.29, 1.82) is 5.26 Å². The van der Waals surface area contributed by atoms with Crippen molar-refractivity contribution < 1.29 is 18.3 Å². The molecule has 8 rings (SSSR count). The van der Waals surface area contributed by atoms with Crippen molar-refractivity contribution in [3.63, 3.8) is 0 Å². The maximum absolute atomic E-state index is 14.5.